The molecule has 0 saturated carbocycles. The molecule has 1 aromatic rings. The van der Waals surface area contributed by atoms with E-state index in [2.05, 4.69) is 48.8 Å². The minimum Gasteiger partial charge on any atom is -0.371 e. The molecule has 0 aliphatic heterocycles. The van der Waals surface area contributed by atoms with Crippen LogP contribution >= 0.6 is 0 Å². The molecule has 0 unspecified atom stereocenters. The van der Waals surface area contributed by atoms with Crippen LogP contribution in [0.4, 0.5) is 5.69 Å². The molecule has 2 rings (SSSR count). The van der Waals surface area contributed by atoms with E-state index in [4.69, 9.17) is 0 Å². The third-order valence-corrected chi connectivity index (χ3v) is 3.70. The van der Waals surface area contributed by atoms with Crippen molar-refractivity contribution in [3.63, 3.8) is 0 Å². The van der Waals surface area contributed by atoms with Gasteiger partial charge in [0, 0.05) is 18.8 Å². The van der Waals surface area contributed by atoms with E-state index in [1.165, 1.54) is 42.5 Å². The molecule has 102 valence electrons. The largest absolute Gasteiger partial charge is 0.371 e. The molecule has 0 spiro atoms. The van der Waals surface area contributed by atoms with Crippen LogP contribution in [0, 0.1) is 0 Å². The molecular weight excluding hydrogens is 230 g/mol. The van der Waals surface area contributed by atoms with Gasteiger partial charge in [-0.1, -0.05) is 31.2 Å². The van der Waals surface area contributed by atoms with Gasteiger partial charge in [-0.25, -0.2) is 0 Å². The molecule has 0 radical (unpaired) electrons. The molecule has 0 atom stereocenters. The lowest BCUT2D eigenvalue weighted by Gasteiger charge is -2.25. The second-order valence-corrected chi connectivity index (χ2v) is 5.24. The first-order valence-corrected chi connectivity index (χ1v) is 7.50. The lowest BCUT2D eigenvalue weighted by molar-refractivity contribution is 0.763. The van der Waals surface area contributed by atoms with Crippen LogP contribution in [0.2, 0.25) is 0 Å². The topological polar surface area (TPSA) is 3.24 Å². The second kappa shape index (κ2) is 7.18. The first-order chi connectivity index (χ1) is 9.35. The van der Waals surface area contributed by atoms with Gasteiger partial charge < -0.3 is 4.90 Å². The zero-order valence-electron chi connectivity index (χ0n) is 12.1. The van der Waals surface area contributed by atoms with Gasteiger partial charge in [0.25, 0.3) is 0 Å². The van der Waals surface area contributed by atoms with Crippen molar-refractivity contribution in [3.05, 3.63) is 48.1 Å². The van der Waals surface area contributed by atoms with Crippen LogP contribution < -0.4 is 4.90 Å². The predicted octanol–water partition coefficient (Wildman–Crippen LogP) is 4.83. The van der Waals surface area contributed by atoms with Crippen LogP contribution in [0.5, 0.6) is 0 Å². The molecule has 19 heavy (non-hydrogen) atoms. The Balaban J connectivity index is 2.20. The number of hydrogen-bond acceptors (Lipinski definition) is 1. The van der Waals surface area contributed by atoms with Crippen LogP contribution in [-0.2, 0) is 6.42 Å². The Labute approximate surface area is 117 Å². The van der Waals surface area contributed by atoms with Gasteiger partial charge in [0.15, 0.2) is 0 Å². The average molecular weight is 255 g/mol. The smallest absolute Gasteiger partial charge is 0.0369 e. The highest BCUT2D eigenvalue weighted by Crippen LogP contribution is 2.25. The Bertz CT molecular complexity index is 445. The van der Waals surface area contributed by atoms with Gasteiger partial charge in [0.1, 0.15) is 0 Å². The Hall–Kier alpha value is -1.50. The lowest BCUT2D eigenvalue weighted by Crippen LogP contribution is -2.25. The number of hydrogen-bond donors (Lipinski definition) is 0. The summed E-state index contributed by atoms with van der Waals surface area (Å²) in [5, 5.41) is 0. The Morgan fingerprint density at radius 2 is 2.21 bits per heavy atom. The summed E-state index contributed by atoms with van der Waals surface area (Å²) in [6.45, 7) is 8.28. The van der Waals surface area contributed by atoms with Crippen molar-refractivity contribution in [2.24, 2.45) is 0 Å². The van der Waals surface area contributed by atoms with Crippen LogP contribution in [0.1, 0.15) is 43.7 Å². The number of anilines is 1. The standard InChI is InChI=1S/C18H25N/c1-3-5-14-19(13-4-2)18-12-11-16-9-7-6-8-10-17(16)15-18/h3,7,9,11-12,15H,1,4-6,8,10,13-14H2,2H3. The number of benzene rings is 1. The second-order valence-electron chi connectivity index (χ2n) is 5.24. The van der Waals surface area contributed by atoms with Gasteiger partial charge in [-0.05, 0) is 55.4 Å². The molecule has 1 nitrogen and oxygen atoms in total. The highest BCUT2D eigenvalue weighted by Gasteiger charge is 2.09. The fourth-order valence-corrected chi connectivity index (χ4v) is 2.68. The quantitative estimate of drug-likeness (QED) is 0.658. The van der Waals surface area contributed by atoms with Crippen LogP contribution in [0.3, 0.4) is 0 Å². The normalized spacial score (nSPS) is 13.7. The van der Waals surface area contributed by atoms with Gasteiger partial charge in [0.05, 0.1) is 0 Å². The van der Waals surface area contributed by atoms with E-state index < -0.39 is 0 Å². The van der Waals surface area contributed by atoms with Gasteiger partial charge in [-0.15, -0.1) is 6.58 Å². The zero-order chi connectivity index (χ0) is 13.5. The molecule has 0 amide bonds. The molecule has 0 bridgehead atoms. The summed E-state index contributed by atoms with van der Waals surface area (Å²) in [4.78, 5) is 2.48. The summed E-state index contributed by atoms with van der Waals surface area (Å²) in [7, 11) is 0. The highest BCUT2D eigenvalue weighted by atomic mass is 15.1. The summed E-state index contributed by atoms with van der Waals surface area (Å²) in [5.74, 6) is 0. The van der Waals surface area contributed by atoms with Gasteiger partial charge in [-0.3, -0.25) is 0 Å². The minimum absolute atomic E-state index is 1.05. The number of rotatable bonds is 6. The summed E-state index contributed by atoms with van der Waals surface area (Å²) < 4.78 is 0. The fourth-order valence-electron chi connectivity index (χ4n) is 2.68. The molecule has 0 N–H and O–H groups in total. The number of aryl methyl sites for hydroxylation is 1. The minimum atomic E-state index is 1.05. The maximum absolute atomic E-state index is 3.83. The van der Waals surface area contributed by atoms with Crippen LogP contribution in [0.15, 0.2) is 36.9 Å². The van der Waals surface area contributed by atoms with E-state index in [9.17, 15) is 0 Å². The molecule has 0 heterocycles. The number of nitrogens with zero attached hydrogens (tertiary/aromatic N) is 1. The van der Waals surface area contributed by atoms with E-state index in [0.717, 1.165) is 19.5 Å². The average Bonchev–Trinajstić information content (AvgIpc) is 2.67. The Kier molecular flexibility index (Phi) is 5.26. The van der Waals surface area contributed by atoms with Crippen molar-refractivity contribution in [2.45, 2.75) is 39.0 Å². The van der Waals surface area contributed by atoms with Gasteiger partial charge >= 0.3 is 0 Å². The molecule has 1 aliphatic carbocycles. The van der Waals surface area contributed by atoms with Crippen molar-refractivity contribution in [3.8, 4) is 0 Å². The van der Waals surface area contributed by atoms with E-state index in [0.29, 0.717) is 0 Å². The van der Waals surface area contributed by atoms with Crippen LogP contribution in [0.25, 0.3) is 6.08 Å². The third kappa shape index (κ3) is 3.73. The maximum Gasteiger partial charge on any atom is 0.0369 e. The van der Waals surface area contributed by atoms with E-state index in [1.54, 1.807) is 0 Å². The van der Waals surface area contributed by atoms with Crippen LogP contribution in [-0.4, -0.2) is 13.1 Å². The van der Waals surface area contributed by atoms with E-state index in [-0.39, 0.29) is 0 Å². The van der Waals surface area contributed by atoms with Gasteiger partial charge in [0.2, 0.25) is 0 Å². The number of fused-ring (bicyclic) bond motifs is 1. The fraction of sp³-hybridized carbons (Fsp3) is 0.444. The zero-order valence-corrected chi connectivity index (χ0v) is 12.1. The van der Waals surface area contributed by atoms with E-state index >= 15 is 0 Å². The van der Waals surface area contributed by atoms with E-state index in [1.807, 2.05) is 6.08 Å². The molecule has 0 aromatic heterocycles. The summed E-state index contributed by atoms with van der Waals surface area (Å²) in [6.07, 6.45) is 12.5. The summed E-state index contributed by atoms with van der Waals surface area (Å²) in [6, 6.07) is 6.94. The SMILES string of the molecule is C=CCCN(CCC)c1ccc2c(c1)CCCC=C2. The van der Waals surface area contributed by atoms with Gasteiger partial charge in [-0.2, -0.15) is 0 Å². The van der Waals surface area contributed by atoms with Crippen molar-refractivity contribution < 1.29 is 0 Å². The Morgan fingerprint density at radius 1 is 1.32 bits per heavy atom. The molecule has 1 heteroatoms. The first-order valence-electron chi connectivity index (χ1n) is 7.50. The van der Waals surface area contributed by atoms with Crippen molar-refractivity contribution in [2.75, 3.05) is 18.0 Å². The monoisotopic (exact) mass is 255 g/mol. The lowest BCUT2D eigenvalue weighted by atomic mass is 10.0. The third-order valence-electron chi connectivity index (χ3n) is 3.70. The van der Waals surface area contributed by atoms with Crippen molar-refractivity contribution in [1.82, 2.24) is 0 Å². The molecule has 0 saturated heterocycles. The molecule has 1 aliphatic rings. The predicted molar refractivity (Wildman–Crippen MR) is 85.7 cm³/mol. The maximum atomic E-state index is 3.83. The first kappa shape index (κ1) is 13.9. The molecule has 1 aromatic carbocycles. The molecule has 0 fully saturated rings. The molecular formula is C18H25N. The van der Waals surface area contributed by atoms with Crippen molar-refractivity contribution >= 4 is 11.8 Å². The number of allylic oxidation sites excluding steroid dienone is 1. The van der Waals surface area contributed by atoms with Crippen molar-refractivity contribution in [1.29, 1.82) is 0 Å². The summed E-state index contributed by atoms with van der Waals surface area (Å²) >= 11 is 0. The Morgan fingerprint density at radius 3 is 3.00 bits per heavy atom. The highest BCUT2D eigenvalue weighted by molar-refractivity contribution is 5.61. The summed E-state index contributed by atoms with van der Waals surface area (Å²) in [5.41, 5.74) is 4.28.